The number of ether oxygens (including phenoxy) is 1. The molecule has 0 aromatic heterocycles. The van der Waals surface area contributed by atoms with Gasteiger partial charge in [-0.3, -0.25) is 4.79 Å². The molecular weight excluding hydrogens is 374 g/mol. The lowest BCUT2D eigenvalue weighted by Gasteiger charge is -2.33. The van der Waals surface area contributed by atoms with Gasteiger partial charge in [0.2, 0.25) is 0 Å². The topological polar surface area (TPSA) is 46.0 Å². The van der Waals surface area contributed by atoms with E-state index in [-0.39, 0.29) is 5.91 Å². The molecule has 1 fully saturated rings. The van der Waals surface area contributed by atoms with E-state index in [4.69, 9.17) is 4.74 Å². The summed E-state index contributed by atoms with van der Waals surface area (Å²) in [5.74, 6) is 0.632. The maximum atomic E-state index is 12.8. The van der Waals surface area contributed by atoms with Gasteiger partial charge in [0.1, 0.15) is 12.4 Å². The van der Waals surface area contributed by atoms with Crippen LogP contribution in [0.1, 0.15) is 15.9 Å². The van der Waals surface area contributed by atoms with Crippen molar-refractivity contribution in [2.24, 2.45) is 0 Å². The van der Waals surface area contributed by atoms with E-state index in [9.17, 15) is 4.79 Å². The van der Waals surface area contributed by atoms with Gasteiger partial charge in [-0.25, -0.2) is 0 Å². The second kappa shape index (κ2) is 9.46. The molecule has 0 aliphatic carbocycles. The third-order valence-electron chi connectivity index (χ3n) is 5.47. The zero-order valence-corrected chi connectivity index (χ0v) is 17.3. The number of carbonyl (C=O) groups is 1. The molecule has 1 aliphatic heterocycles. The van der Waals surface area contributed by atoms with Crippen LogP contribution in [0.15, 0.2) is 78.9 Å². The van der Waals surface area contributed by atoms with Gasteiger partial charge in [-0.1, -0.05) is 42.5 Å². The van der Waals surface area contributed by atoms with E-state index >= 15 is 0 Å². The molecule has 0 bridgehead atoms. The number of benzene rings is 3. The van der Waals surface area contributed by atoms with Crippen molar-refractivity contribution in [1.29, 1.82) is 0 Å². The lowest BCUT2D eigenvalue weighted by atomic mass is 10.1. The number of quaternary nitrogens is 1. The maximum Gasteiger partial charge on any atom is 0.255 e. The number of piperazine rings is 1. The highest BCUT2D eigenvalue weighted by Gasteiger charge is 2.20. The molecule has 3 aromatic rings. The standard InChI is InChI=1S/C25H27N3O2/c1-27-15-17-28(18-16-27)24-10-6-5-9-23(24)26-25(29)21-11-13-22(14-12-21)30-19-20-7-3-2-4-8-20/h2-14H,15-19H2,1H3,(H,26,29)/p+1. The number of nitrogens with zero attached hydrogens (tertiary/aromatic N) is 1. The fraction of sp³-hybridized carbons (Fsp3) is 0.240. The van der Waals surface area contributed by atoms with Crippen LogP contribution < -0.4 is 19.9 Å². The number of carbonyl (C=O) groups excluding carboxylic acids is 1. The number of hydrogen-bond donors (Lipinski definition) is 2. The molecule has 0 spiro atoms. The monoisotopic (exact) mass is 402 g/mol. The van der Waals surface area contributed by atoms with Crippen LogP contribution in [0.25, 0.3) is 0 Å². The average Bonchev–Trinajstić information content (AvgIpc) is 2.80. The fourth-order valence-corrected chi connectivity index (χ4v) is 3.62. The minimum atomic E-state index is -0.114. The average molecular weight is 403 g/mol. The minimum Gasteiger partial charge on any atom is -0.489 e. The Bertz CT molecular complexity index is 965. The summed E-state index contributed by atoms with van der Waals surface area (Å²) in [5, 5.41) is 3.08. The molecule has 154 valence electrons. The first kappa shape index (κ1) is 20.0. The first-order valence-corrected chi connectivity index (χ1v) is 10.4. The molecule has 4 rings (SSSR count). The van der Waals surface area contributed by atoms with Crippen LogP contribution in [0.3, 0.4) is 0 Å². The quantitative estimate of drug-likeness (QED) is 0.667. The number of amides is 1. The molecule has 5 nitrogen and oxygen atoms in total. The summed E-state index contributed by atoms with van der Waals surface area (Å²) in [6.07, 6.45) is 0. The molecule has 0 saturated carbocycles. The van der Waals surface area contributed by atoms with Gasteiger partial charge in [0.15, 0.2) is 0 Å². The van der Waals surface area contributed by atoms with Crippen molar-refractivity contribution in [2.75, 3.05) is 43.4 Å². The molecule has 2 N–H and O–H groups in total. The number of hydrogen-bond acceptors (Lipinski definition) is 3. The Morgan fingerprint density at radius 3 is 2.33 bits per heavy atom. The number of nitrogens with one attached hydrogen (secondary N) is 2. The van der Waals surface area contributed by atoms with Crippen LogP contribution >= 0.6 is 0 Å². The highest BCUT2D eigenvalue weighted by Crippen LogP contribution is 2.26. The molecule has 30 heavy (non-hydrogen) atoms. The largest absolute Gasteiger partial charge is 0.489 e. The number of anilines is 2. The van der Waals surface area contributed by atoms with Crippen molar-refractivity contribution in [2.45, 2.75) is 6.61 Å². The number of likely N-dealkylation sites (N-methyl/N-ethyl adjacent to an activating group) is 1. The minimum absolute atomic E-state index is 0.114. The molecule has 0 radical (unpaired) electrons. The summed E-state index contributed by atoms with van der Waals surface area (Å²) in [4.78, 5) is 16.7. The number of para-hydroxylation sites is 2. The van der Waals surface area contributed by atoms with Crippen molar-refractivity contribution < 1.29 is 14.4 Å². The fourth-order valence-electron chi connectivity index (χ4n) is 3.62. The first-order valence-electron chi connectivity index (χ1n) is 10.4. The van der Waals surface area contributed by atoms with Crippen LogP contribution in [0.2, 0.25) is 0 Å². The molecule has 1 heterocycles. The molecular formula is C25H28N3O2+. The Hall–Kier alpha value is -3.31. The van der Waals surface area contributed by atoms with E-state index in [2.05, 4.69) is 23.3 Å². The predicted molar refractivity (Wildman–Crippen MR) is 120 cm³/mol. The molecule has 0 unspecified atom stereocenters. The van der Waals surface area contributed by atoms with Gasteiger partial charge in [0, 0.05) is 5.56 Å². The zero-order chi connectivity index (χ0) is 20.8. The van der Waals surface area contributed by atoms with Crippen molar-refractivity contribution in [3.05, 3.63) is 90.0 Å². The Morgan fingerprint density at radius 2 is 1.60 bits per heavy atom. The second-order valence-corrected chi connectivity index (χ2v) is 7.71. The van der Waals surface area contributed by atoms with E-state index in [0.717, 1.165) is 48.9 Å². The highest BCUT2D eigenvalue weighted by molar-refractivity contribution is 6.06. The van der Waals surface area contributed by atoms with Gasteiger partial charge in [0.05, 0.1) is 44.6 Å². The third-order valence-corrected chi connectivity index (χ3v) is 5.47. The second-order valence-electron chi connectivity index (χ2n) is 7.71. The van der Waals surface area contributed by atoms with Gasteiger partial charge < -0.3 is 19.9 Å². The summed E-state index contributed by atoms with van der Waals surface area (Å²) in [7, 11) is 2.22. The lowest BCUT2D eigenvalue weighted by molar-refractivity contribution is -0.880. The highest BCUT2D eigenvalue weighted by atomic mass is 16.5. The van der Waals surface area contributed by atoms with Crippen molar-refractivity contribution in [3.8, 4) is 5.75 Å². The Labute approximate surface area is 177 Å². The summed E-state index contributed by atoms with van der Waals surface area (Å²) in [5.41, 5.74) is 3.66. The van der Waals surface area contributed by atoms with E-state index in [1.165, 1.54) is 0 Å². The molecule has 1 saturated heterocycles. The van der Waals surface area contributed by atoms with Crippen LogP contribution in [-0.2, 0) is 6.61 Å². The van der Waals surface area contributed by atoms with Crippen LogP contribution in [-0.4, -0.2) is 39.1 Å². The number of rotatable bonds is 6. The van der Waals surface area contributed by atoms with Crippen molar-refractivity contribution in [3.63, 3.8) is 0 Å². The van der Waals surface area contributed by atoms with Crippen LogP contribution in [0, 0.1) is 0 Å². The van der Waals surface area contributed by atoms with Crippen molar-refractivity contribution >= 4 is 17.3 Å². The van der Waals surface area contributed by atoms with Gasteiger partial charge in [0.25, 0.3) is 5.91 Å². The summed E-state index contributed by atoms with van der Waals surface area (Å²) >= 11 is 0. The Kier molecular flexibility index (Phi) is 6.30. The van der Waals surface area contributed by atoms with E-state index in [1.54, 1.807) is 17.0 Å². The van der Waals surface area contributed by atoms with Gasteiger partial charge in [-0.15, -0.1) is 0 Å². The van der Waals surface area contributed by atoms with Crippen LogP contribution in [0.5, 0.6) is 5.75 Å². The summed E-state index contributed by atoms with van der Waals surface area (Å²) in [6, 6.07) is 25.3. The van der Waals surface area contributed by atoms with Crippen molar-refractivity contribution in [1.82, 2.24) is 0 Å². The van der Waals surface area contributed by atoms with Gasteiger partial charge in [-0.2, -0.15) is 0 Å². The lowest BCUT2D eigenvalue weighted by Crippen LogP contribution is -3.12. The molecule has 1 aliphatic rings. The van der Waals surface area contributed by atoms with E-state index in [1.807, 2.05) is 60.7 Å². The van der Waals surface area contributed by atoms with Gasteiger partial charge in [-0.05, 0) is 42.0 Å². The maximum absolute atomic E-state index is 12.8. The Morgan fingerprint density at radius 1 is 0.933 bits per heavy atom. The zero-order valence-electron chi connectivity index (χ0n) is 17.3. The Balaban J connectivity index is 1.39. The van der Waals surface area contributed by atoms with E-state index in [0.29, 0.717) is 12.2 Å². The predicted octanol–water partition coefficient (Wildman–Crippen LogP) is 2.85. The normalized spacial score (nSPS) is 14.4. The molecule has 0 atom stereocenters. The molecule has 1 amide bonds. The molecule has 5 heteroatoms. The van der Waals surface area contributed by atoms with Gasteiger partial charge >= 0.3 is 0 Å². The smallest absolute Gasteiger partial charge is 0.255 e. The summed E-state index contributed by atoms with van der Waals surface area (Å²) in [6.45, 7) is 4.70. The molecule has 3 aromatic carbocycles. The third kappa shape index (κ3) is 4.99. The first-order chi connectivity index (χ1) is 14.7. The van der Waals surface area contributed by atoms with Crippen LogP contribution in [0.4, 0.5) is 11.4 Å². The van der Waals surface area contributed by atoms with E-state index < -0.39 is 0 Å². The SMILES string of the molecule is C[NH+]1CCN(c2ccccc2NC(=O)c2ccc(OCc3ccccc3)cc2)CC1. The summed E-state index contributed by atoms with van der Waals surface area (Å²) < 4.78 is 5.81.